The number of aliphatic hydroxyl groups is 2. The van der Waals surface area contributed by atoms with E-state index in [0.29, 0.717) is 13.0 Å². The molecule has 2 saturated carbocycles. The lowest BCUT2D eigenvalue weighted by Gasteiger charge is -2.23. The second-order valence-corrected chi connectivity index (χ2v) is 4.35. The van der Waals surface area contributed by atoms with Crippen molar-refractivity contribution >= 4 is 5.97 Å². The summed E-state index contributed by atoms with van der Waals surface area (Å²) in [6, 6.07) is 0. The number of hydrogen-bond acceptors (Lipinski definition) is 4. The van der Waals surface area contributed by atoms with Crippen molar-refractivity contribution in [2.45, 2.75) is 18.6 Å². The predicted molar refractivity (Wildman–Crippen MR) is 41.5 cm³/mol. The SMILES string of the molecule is O=C1OC[C@H]2[C@H]1[C@H]1C[C@@H](O)[C@@H]2[C@@H]1O. The van der Waals surface area contributed by atoms with Crippen molar-refractivity contribution in [2.24, 2.45) is 23.7 Å². The predicted octanol–water partition coefficient (Wildman–Crippen LogP) is -0.853. The van der Waals surface area contributed by atoms with Crippen LogP contribution in [0.2, 0.25) is 0 Å². The first-order valence-electron chi connectivity index (χ1n) is 4.73. The van der Waals surface area contributed by atoms with Crippen molar-refractivity contribution in [3.8, 4) is 0 Å². The van der Waals surface area contributed by atoms with E-state index in [9.17, 15) is 15.0 Å². The Labute approximate surface area is 75.5 Å². The molecule has 1 aliphatic heterocycles. The van der Waals surface area contributed by atoms with Crippen LogP contribution in [0.3, 0.4) is 0 Å². The van der Waals surface area contributed by atoms with Gasteiger partial charge in [-0.2, -0.15) is 0 Å². The van der Waals surface area contributed by atoms with Crippen molar-refractivity contribution in [3.63, 3.8) is 0 Å². The normalized spacial score (nSPS) is 58.2. The summed E-state index contributed by atoms with van der Waals surface area (Å²) in [7, 11) is 0. The van der Waals surface area contributed by atoms with Crippen molar-refractivity contribution < 1.29 is 19.7 Å². The number of cyclic esters (lactones) is 1. The van der Waals surface area contributed by atoms with Crippen molar-refractivity contribution in [3.05, 3.63) is 0 Å². The van der Waals surface area contributed by atoms with Gasteiger partial charge in [-0.1, -0.05) is 0 Å². The van der Waals surface area contributed by atoms with Crippen molar-refractivity contribution in [1.82, 2.24) is 0 Å². The van der Waals surface area contributed by atoms with Crippen LogP contribution in [0.1, 0.15) is 6.42 Å². The minimum atomic E-state index is -0.488. The van der Waals surface area contributed by atoms with Crippen LogP contribution in [-0.2, 0) is 9.53 Å². The Morgan fingerprint density at radius 3 is 2.85 bits per heavy atom. The Balaban J connectivity index is 1.98. The third-order valence-corrected chi connectivity index (χ3v) is 3.90. The largest absolute Gasteiger partial charge is 0.465 e. The second-order valence-electron chi connectivity index (χ2n) is 4.35. The average Bonchev–Trinajstić information content (AvgIpc) is 2.64. The van der Waals surface area contributed by atoms with Crippen molar-refractivity contribution in [1.29, 1.82) is 0 Å². The van der Waals surface area contributed by atoms with E-state index in [0.717, 1.165) is 0 Å². The number of carbonyl (C=O) groups is 1. The van der Waals surface area contributed by atoms with Crippen LogP contribution in [0.5, 0.6) is 0 Å². The molecule has 2 bridgehead atoms. The summed E-state index contributed by atoms with van der Waals surface area (Å²) in [5, 5.41) is 19.4. The summed E-state index contributed by atoms with van der Waals surface area (Å²) in [6.07, 6.45) is -0.365. The minimum absolute atomic E-state index is 0.0556. The maximum atomic E-state index is 11.3. The third kappa shape index (κ3) is 0.758. The molecule has 1 heterocycles. The minimum Gasteiger partial charge on any atom is -0.465 e. The highest BCUT2D eigenvalue weighted by molar-refractivity contribution is 5.76. The molecule has 1 saturated heterocycles. The van der Waals surface area contributed by atoms with Crippen LogP contribution in [-0.4, -0.2) is 35.0 Å². The zero-order valence-corrected chi connectivity index (χ0v) is 7.09. The first kappa shape index (κ1) is 7.76. The summed E-state index contributed by atoms with van der Waals surface area (Å²) in [4.78, 5) is 11.3. The maximum absolute atomic E-state index is 11.3. The lowest BCUT2D eigenvalue weighted by Crippen LogP contribution is -2.31. The van der Waals surface area contributed by atoms with Crippen LogP contribution in [0.15, 0.2) is 0 Å². The van der Waals surface area contributed by atoms with Gasteiger partial charge in [-0.3, -0.25) is 4.79 Å². The number of fused-ring (bicyclic) bond motifs is 5. The van der Waals surface area contributed by atoms with Gasteiger partial charge in [0.15, 0.2) is 0 Å². The number of hydrogen-bond donors (Lipinski definition) is 2. The van der Waals surface area contributed by atoms with Crippen LogP contribution in [0, 0.1) is 23.7 Å². The number of rotatable bonds is 0. The number of aliphatic hydroxyl groups excluding tert-OH is 2. The fraction of sp³-hybridized carbons (Fsp3) is 0.889. The van der Waals surface area contributed by atoms with Gasteiger partial charge in [-0.05, 0) is 6.42 Å². The Morgan fingerprint density at radius 1 is 1.31 bits per heavy atom. The van der Waals surface area contributed by atoms with E-state index in [2.05, 4.69) is 0 Å². The molecule has 3 aliphatic rings. The second kappa shape index (κ2) is 2.25. The lowest BCUT2D eigenvalue weighted by atomic mass is 9.80. The Bertz CT molecular complexity index is 262. The van der Waals surface area contributed by atoms with Crippen LogP contribution in [0.4, 0.5) is 0 Å². The summed E-state index contributed by atoms with van der Waals surface area (Å²) in [6.45, 7) is 0.388. The van der Waals surface area contributed by atoms with Gasteiger partial charge in [-0.25, -0.2) is 0 Å². The fourth-order valence-corrected chi connectivity index (χ4v) is 3.38. The molecule has 0 radical (unpaired) electrons. The van der Waals surface area contributed by atoms with Gasteiger partial charge >= 0.3 is 5.97 Å². The molecule has 0 spiro atoms. The van der Waals surface area contributed by atoms with E-state index in [1.54, 1.807) is 0 Å². The molecule has 4 nitrogen and oxygen atoms in total. The van der Waals surface area contributed by atoms with Gasteiger partial charge in [0.2, 0.25) is 0 Å². The molecule has 3 fully saturated rings. The van der Waals surface area contributed by atoms with Gasteiger partial charge < -0.3 is 14.9 Å². The molecular weight excluding hydrogens is 172 g/mol. The van der Waals surface area contributed by atoms with E-state index in [1.165, 1.54) is 0 Å². The highest BCUT2D eigenvalue weighted by Crippen LogP contribution is 2.55. The van der Waals surface area contributed by atoms with Gasteiger partial charge in [0.25, 0.3) is 0 Å². The first-order chi connectivity index (χ1) is 6.20. The number of esters is 1. The summed E-state index contributed by atoms with van der Waals surface area (Å²) in [5.41, 5.74) is 0. The lowest BCUT2D eigenvalue weighted by molar-refractivity contribution is -0.143. The van der Waals surface area contributed by atoms with E-state index >= 15 is 0 Å². The van der Waals surface area contributed by atoms with Crippen LogP contribution >= 0.6 is 0 Å². The highest BCUT2D eigenvalue weighted by Gasteiger charge is 2.63. The third-order valence-electron chi connectivity index (χ3n) is 3.90. The van der Waals surface area contributed by atoms with Crippen LogP contribution < -0.4 is 0 Å². The molecule has 72 valence electrons. The molecule has 2 aliphatic carbocycles. The van der Waals surface area contributed by atoms with E-state index < -0.39 is 12.2 Å². The maximum Gasteiger partial charge on any atom is 0.309 e. The number of ether oxygens (including phenoxy) is 1. The molecule has 0 amide bonds. The molecule has 2 N–H and O–H groups in total. The molecular formula is C9H12O4. The number of carbonyl (C=O) groups excluding carboxylic acids is 1. The van der Waals surface area contributed by atoms with Gasteiger partial charge in [0.1, 0.15) is 0 Å². The first-order valence-corrected chi connectivity index (χ1v) is 4.73. The Kier molecular flexibility index (Phi) is 1.34. The van der Waals surface area contributed by atoms with E-state index in [-0.39, 0.29) is 29.6 Å². The molecule has 0 unspecified atom stereocenters. The summed E-state index contributed by atoms with van der Waals surface area (Å²) in [5.74, 6) is -0.426. The van der Waals surface area contributed by atoms with Crippen LogP contribution in [0.25, 0.3) is 0 Å². The van der Waals surface area contributed by atoms with Gasteiger partial charge in [-0.15, -0.1) is 0 Å². The molecule has 4 heteroatoms. The molecule has 0 aromatic heterocycles. The average molecular weight is 184 g/mol. The Morgan fingerprint density at radius 2 is 2.08 bits per heavy atom. The molecule has 0 aromatic carbocycles. The van der Waals surface area contributed by atoms with Gasteiger partial charge in [0.05, 0.1) is 24.7 Å². The zero-order chi connectivity index (χ0) is 9.16. The van der Waals surface area contributed by atoms with E-state index in [4.69, 9.17) is 4.74 Å². The smallest absolute Gasteiger partial charge is 0.309 e. The molecule has 6 atom stereocenters. The standard InChI is InChI=1S/C9H12O4/c10-5-1-3-6-4(2-13-9(6)12)7(5)8(3)11/h3-8,10-11H,1-2H2/t3-,4+,5-,6-,7-,8-/m1/s1. The molecule has 13 heavy (non-hydrogen) atoms. The quantitative estimate of drug-likeness (QED) is 0.481. The van der Waals surface area contributed by atoms with Crippen molar-refractivity contribution in [2.75, 3.05) is 6.61 Å². The summed E-state index contributed by atoms with van der Waals surface area (Å²) < 4.78 is 4.94. The Hall–Kier alpha value is -0.610. The fourth-order valence-electron chi connectivity index (χ4n) is 3.38. The topological polar surface area (TPSA) is 66.8 Å². The molecule has 0 aromatic rings. The monoisotopic (exact) mass is 184 g/mol. The van der Waals surface area contributed by atoms with E-state index in [1.807, 2.05) is 0 Å². The zero-order valence-electron chi connectivity index (χ0n) is 7.09. The van der Waals surface area contributed by atoms with Gasteiger partial charge in [0, 0.05) is 17.8 Å². The highest BCUT2D eigenvalue weighted by atomic mass is 16.5. The molecule has 3 rings (SSSR count). The summed E-state index contributed by atoms with van der Waals surface area (Å²) >= 11 is 0.